The van der Waals surface area contributed by atoms with E-state index in [1.54, 1.807) is 0 Å². The van der Waals surface area contributed by atoms with Crippen molar-refractivity contribution in [3.05, 3.63) is 90.0 Å². The Hall–Kier alpha value is -4.69. The molecule has 8 heteroatoms. The quantitative estimate of drug-likeness (QED) is 0.197. The lowest BCUT2D eigenvalue weighted by molar-refractivity contribution is 0.0614. The van der Waals surface area contributed by atoms with Crippen molar-refractivity contribution >= 4 is 78.4 Å². The van der Waals surface area contributed by atoms with Crippen LogP contribution in [0.2, 0.25) is 0 Å². The lowest BCUT2D eigenvalue weighted by atomic mass is 9.97. The molecular weight excluding hydrogens is 458 g/mol. The SMILES string of the molecule is O=C1c2c(c3c4ccccc4[nH]c3c3[nH]c4ccccc4c23)C(=O)N1NC(=S)Nc1ccccc1. The molecule has 0 fully saturated rings. The zero-order chi connectivity index (χ0) is 23.7. The highest BCUT2D eigenvalue weighted by molar-refractivity contribution is 7.80. The van der Waals surface area contributed by atoms with Crippen molar-refractivity contribution in [1.29, 1.82) is 0 Å². The molecule has 4 N–H and O–H groups in total. The number of rotatable bonds is 2. The van der Waals surface area contributed by atoms with E-state index < -0.39 is 11.8 Å². The van der Waals surface area contributed by atoms with Crippen LogP contribution in [0.1, 0.15) is 20.7 Å². The van der Waals surface area contributed by atoms with E-state index in [0.29, 0.717) is 11.1 Å². The summed E-state index contributed by atoms with van der Waals surface area (Å²) < 4.78 is 0. The van der Waals surface area contributed by atoms with Crippen molar-refractivity contribution in [3.8, 4) is 0 Å². The molecule has 0 spiro atoms. The predicted octanol–water partition coefficient (Wildman–Crippen LogP) is 5.45. The maximum atomic E-state index is 13.8. The number of para-hydroxylation sites is 3. The second-order valence-corrected chi connectivity index (χ2v) is 8.88. The van der Waals surface area contributed by atoms with E-state index in [-0.39, 0.29) is 5.11 Å². The van der Waals surface area contributed by atoms with Crippen molar-refractivity contribution in [2.45, 2.75) is 0 Å². The molecule has 0 atom stereocenters. The van der Waals surface area contributed by atoms with Gasteiger partial charge in [-0.15, -0.1) is 0 Å². The topological polar surface area (TPSA) is 93.0 Å². The number of aromatic amines is 2. The van der Waals surface area contributed by atoms with Gasteiger partial charge < -0.3 is 15.3 Å². The van der Waals surface area contributed by atoms with Gasteiger partial charge in [-0.05, 0) is 36.5 Å². The standard InChI is InChI=1S/C27H17N5O2S/c33-25-21-19-15-10-4-6-12-17(15)29-23(19)24-20(16-11-5-7-13-18(16)30-24)22(21)26(34)32(25)31-27(35)28-14-8-2-1-3-9-14/h1-13,29-30H,(H2,28,31,35). The number of carbonyl (C=O) groups excluding carboxylic acids is 2. The highest BCUT2D eigenvalue weighted by Gasteiger charge is 2.41. The van der Waals surface area contributed by atoms with Crippen LogP contribution in [0.5, 0.6) is 0 Å². The summed E-state index contributed by atoms with van der Waals surface area (Å²) in [6, 6.07) is 24.9. The van der Waals surface area contributed by atoms with Gasteiger partial charge in [-0.25, -0.2) is 0 Å². The van der Waals surface area contributed by atoms with Crippen LogP contribution in [0.15, 0.2) is 78.9 Å². The van der Waals surface area contributed by atoms with E-state index in [1.807, 2.05) is 78.9 Å². The highest BCUT2D eigenvalue weighted by Crippen LogP contribution is 2.43. The number of carbonyl (C=O) groups is 2. The van der Waals surface area contributed by atoms with Gasteiger partial charge in [0.15, 0.2) is 5.11 Å². The number of imide groups is 1. The number of nitrogens with zero attached hydrogens (tertiary/aromatic N) is 1. The molecule has 0 bridgehead atoms. The summed E-state index contributed by atoms with van der Waals surface area (Å²) >= 11 is 5.42. The van der Waals surface area contributed by atoms with Gasteiger partial charge in [0.2, 0.25) is 0 Å². The zero-order valence-corrected chi connectivity index (χ0v) is 19.0. The van der Waals surface area contributed by atoms with E-state index in [4.69, 9.17) is 12.2 Å². The summed E-state index contributed by atoms with van der Waals surface area (Å²) in [5.74, 6) is -0.881. The summed E-state index contributed by atoms with van der Waals surface area (Å²) in [6.07, 6.45) is 0. The van der Waals surface area contributed by atoms with Gasteiger partial charge in [-0.1, -0.05) is 54.6 Å². The maximum Gasteiger partial charge on any atom is 0.281 e. The Morgan fingerprint density at radius 1 is 0.686 bits per heavy atom. The largest absolute Gasteiger partial charge is 0.353 e. The van der Waals surface area contributed by atoms with Gasteiger partial charge in [-0.2, -0.15) is 5.01 Å². The number of hydrogen-bond acceptors (Lipinski definition) is 3. The highest BCUT2D eigenvalue weighted by atomic mass is 32.1. The first-order valence-corrected chi connectivity index (χ1v) is 11.5. The van der Waals surface area contributed by atoms with Crippen molar-refractivity contribution in [1.82, 2.24) is 20.4 Å². The van der Waals surface area contributed by atoms with E-state index in [1.165, 1.54) is 0 Å². The van der Waals surface area contributed by atoms with Gasteiger partial charge in [-0.3, -0.25) is 15.0 Å². The molecule has 3 heterocycles. The third-order valence-electron chi connectivity index (χ3n) is 6.49. The number of H-pyrrole nitrogens is 2. The Morgan fingerprint density at radius 3 is 1.71 bits per heavy atom. The van der Waals surface area contributed by atoms with Gasteiger partial charge in [0.05, 0.1) is 22.2 Å². The van der Waals surface area contributed by atoms with Gasteiger partial charge >= 0.3 is 0 Å². The molecule has 168 valence electrons. The van der Waals surface area contributed by atoms with Crippen LogP contribution in [0.3, 0.4) is 0 Å². The number of thiocarbonyl (C=S) groups is 1. The number of anilines is 1. The lowest BCUT2D eigenvalue weighted by Crippen LogP contribution is -2.47. The molecule has 0 radical (unpaired) electrons. The molecular formula is C27H17N5O2S. The van der Waals surface area contributed by atoms with Crippen LogP contribution in [0.4, 0.5) is 5.69 Å². The molecule has 1 aliphatic rings. The second-order valence-electron chi connectivity index (χ2n) is 8.47. The minimum Gasteiger partial charge on any atom is -0.353 e. The van der Waals surface area contributed by atoms with Crippen LogP contribution in [0.25, 0.3) is 43.6 Å². The van der Waals surface area contributed by atoms with E-state index >= 15 is 0 Å². The first-order chi connectivity index (χ1) is 17.1. The molecule has 35 heavy (non-hydrogen) atoms. The molecule has 0 saturated heterocycles. The van der Waals surface area contributed by atoms with Crippen molar-refractivity contribution in [2.75, 3.05) is 5.32 Å². The fourth-order valence-electron chi connectivity index (χ4n) is 5.06. The minimum absolute atomic E-state index is 0.149. The number of aromatic nitrogens is 2. The van der Waals surface area contributed by atoms with Crippen LogP contribution in [-0.4, -0.2) is 31.9 Å². The van der Waals surface area contributed by atoms with Gasteiger partial charge in [0, 0.05) is 38.3 Å². The van der Waals surface area contributed by atoms with Crippen molar-refractivity contribution in [3.63, 3.8) is 0 Å². The molecule has 0 saturated carbocycles. The number of fused-ring (bicyclic) bond motifs is 10. The number of benzene rings is 4. The third kappa shape index (κ3) is 2.74. The summed E-state index contributed by atoms with van der Waals surface area (Å²) in [5, 5.41) is 7.38. The zero-order valence-electron chi connectivity index (χ0n) is 18.2. The monoisotopic (exact) mass is 475 g/mol. The predicted molar refractivity (Wildman–Crippen MR) is 141 cm³/mol. The number of hydrogen-bond donors (Lipinski definition) is 4. The number of amides is 2. The Labute approximate surface area is 203 Å². The Bertz CT molecular complexity index is 1760. The Balaban J connectivity index is 1.46. The molecule has 2 amide bonds. The van der Waals surface area contributed by atoms with Crippen molar-refractivity contribution in [2.24, 2.45) is 0 Å². The molecule has 1 aliphatic heterocycles. The molecule has 7 rings (SSSR count). The number of nitrogens with one attached hydrogen (secondary N) is 4. The number of hydrazine groups is 1. The first kappa shape index (κ1) is 19.7. The smallest absolute Gasteiger partial charge is 0.281 e. The maximum absolute atomic E-state index is 13.8. The summed E-state index contributed by atoms with van der Waals surface area (Å²) in [5.41, 5.74) is 7.68. The van der Waals surface area contributed by atoms with Crippen LogP contribution in [-0.2, 0) is 0 Å². The molecule has 6 aromatic rings. The van der Waals surface area contributed by atoms with Crippen LogP contribution >= 0.6 is 12.2 Å². The normalized spacial score (nSPS) is 13.3. The van der Waals surface area contributed by atoms with E-state index in [2.05, 4.69) is 20.7 Å². The van der Waals surface area contributed by atoms with Gasteiger partial charge in [0.25, 0.3) is 11.8 Å². The van der Waals surface area contributed by atoms with E-state index in [9.17, 15) is 9.59 Å². The third-order valence-corrected chi connectivity index (χ3v) is 6.68. The summed E-state index contributed by atoms with van der Waals surface area (Å²) in [7, 11) is 0. The molecule has 0 aliphatic carbocycles. The fourth-order valence-corrected chi connectivity index (χ4v) is 5.26. The van der Waals surface area contributed by atoms with Crippen molar-refractivity contribution < 1.29 is 9.59 Å². The lowest BCUT2D eigenvalue weighted by Gasteiger charge is -2.18. The molecule has 7 nitrogen and oxygen atoms in total. The average molecular weight is 476 g/mol. The Kier molecular flexibility index (Phi) is 4.04. The van der Waals surface area contributed by atoms with Crippen LogP contribution < -0.4 is 10.7 Å². The summed E-state index contributed by atoms with van der Waals surface area (Å²) in [4.78, 5) is 34.5. The van der Waals surface area contributed by atoms with Gasteiger partial charge in [0.1, 0.15) is 0 Å². The molecule has 2 aromatic heterocycles. The fraction of sp³-hybridized carbons (Fsp3) is 0. The van der Waals surface area contributed by atoms with E-state index in [0.717, 1.165) is 54.3 Å². The Morgan fingerprint density at radius 2 is 1.17 bits per heavy atom. The average Bonchev–Trinajstić information content (AvgIpc) is 3.51. The molecule has 4 aromatic carbocycles. The summed E-state index contributed by atoms with van der Waals surface area (Å²) in [6.45, 7) is 0. The minimum atomic E-state index is -0.441. The second kappa shape index (κ2) is 7.15. The van der Waals surface area contributed by atoms with Crippen LogP contribution in [0, 0.1) is 0 Å². The first-order valence-electron chi connectivity index (χ1n) is 11.1. The molecule has 0 unspecified atom stereocenters.